The molecule has 0 saturated carbocycles. The number of aromatic nitrogens is 1. The number of nitrogens with zero attached hydrogens (tertiary/aromatic N) is 3. The summed E-state index contributed by atoms with van der Waals surface area (Å²) in [6.07, 6.45) is 8.63. The lowest BCUT2D eigenvalue weighted by molar-refractivity contribution is 1.30. The molecule has 0 bridgehead atoms. The minimum absolute atomic E-state index is 0.858. The minimum atomic E-state index is 0.858. The quantitative estimate of drug-likeness (QED) is 0.732. The molecule has 1 aromatic heterocycles. The molecular formula is C10H6IN3. The molecule has 1 aliphatic rings. The summed E-state index contributed by atoms with van der Waals surface area (Å²) >= 11 is 2.26. The van der Waals surface area contributed by atoms with Crippen molar-refractivity contribution in [3.63, 3.8) is 0 Å². The predicted molar refractivity (Wildman–Crippen MR) is 64.6 cm³/mol. The first-order valence-electron chi connectivity index (χ1n) is 3.99. The standard InChI is InChI=1S/C10H6IN3/c11-9-1-3-13-7-8(9)10-2-4-12-5-6-14-10/h1-4,6-7H. The van der Waals surface area contributed by atoms with Crippen molar-refractivity contribution in [2.45, 2.75) is 0 Å². The summed E-state index contributed by atoms with van der Waals surface area (Å²) in [7, 11) is 0. The fraction of sp³-hybridized carbons (Fsp3) is 0. The maximum Gasteiger partial charge on any atom is 0.0889 e. The molecule has 0 aromatic carbocycles. The Balaban J connectivity index is 2.46. The zero-order valence-electron chi connectivity index (χ0n) is 7.18. The zero-order valence-corrected chi connectivity index (χ0v) is 9.34. The van der Waals surface area contributed by atoms with Gasteiger partial charge in [-0.3, -0.25) is 4.98 Å². The highest BCUT2D eigenvalue weighted by molar-refractivity contribution is 14.1. The van der Waals surface area contributed by atoms with Gasteiger partial charge in [-0.1, -0.05) is 0 Å². The van der Waals surface area contributed by atoms with Gasteiger partial charge >= 0.3 is 0 Å². The Morgan fingerprint density at radius 1 is 1.36 bits per heavy atom. The van der Waals surface area contributed by atoms with Gasteiger partial charge in [0.05, 0.1) is 11.9 Å². The van der Waals surface area contributed by atoms with E-state index in [-0.39, 0.29) is 0 Å². The maximum absolute atomic E-state index is 4.21. The van der Waals surface area contributed by atoms with E-state index in [0.717, 1.165) is 14.8 Å². The molecule has 1 aromatic rings. The molecule has 3 nitrogen and oxygen atoms in total. The highest BCUT2D eigenvalue weighted by Crippen LogP contribution is 2.12. The Morgan fingerprint density at radius 2 is 2.29 bits per heavy atom. The Hall–Kier alpha value is -1.26. The van der Waals surface area contributed by atoms with Crippen LogP contribution in [-0.2, 0) is 0 Å². The van der Waals surface area contributed by atoms with E-state index < -0.39 is 0 Å². The molecule has 0 N–H and O–H groups in total. The van der Waals surface area contributed by atoms with Crippen LogP contribution in [0.3, 0.4) is 0 Å². The zero-order chi connectivity index (χ0) is 9.80. The van der Waals surface area contributed by atoms with E-state index in [1.54, 1.807) is 24.8 Å². The summed E-state index contributed by atoms with van der Waals surface area (Å²) in [4.78, 5) is 12.1. The normalized spacial score (nSPS) is 13.9. The molecule has 1 aliphatic heterocycles. The van der Waals surface area contributed by atoms with Crippen LogP contribution in [0.5, 0.6) is 0 Å². The molecular weight excluding hydrogens is 289 g/mol. The second-order valence-corrected chi connectivity index (χ2v) is 3.74. The molecule has 4 heteroatoms. The monoisotopic (exact) mass is 295 g/mol. The van der Waals surface area contributed by atoms with Gasteiger partial charge in [-0.05, 0) is 34.7 Å². The van der Waals surface area contributed by atoms with Crippen LogP contribution < -0.4 is 0 Å². The van der Waals surface area contributed by atoms with Crippen LogP contribution in [0.1, 0.15) is 5.56 Å². The van der Waals surface area contributed by atoms with E-state index in [1.807, 2.05) is 12.1 Å². The van der Waals surface area contributed by atoms with Crippen LogP contribution in [-0.4, -0.2) is 16.6 Å². The van der Waals surface area contributed by atoms with Gasteiger partial charge < -0.3 is 0 Å². The summed E-state index contributed by atoms with van der Waals surface area (Å²) in [6, 6.07) is 1.95. The first-order valence-corrected chi connectivity index (χ1v) is 5.07. The van der Waals surface area contributed by atoms with Crippen molar-refractivity contribution in [2.75, 3.05) is 0 Å². The average molecular weight is 295 g/mol. The second kappa shape index (κ2) is 4.30. The molecule has 2 rings (SSSR count). The number of pyridine rings is 1. The first kappa shape index (κ1) is 9.30. The van der Waals surface area contributed by atoms with E-state index in [1.165, 1.54) is 0 Å². The highest BCUT2D eigenvalue weighted by Gasteiger charge is 2.04. The molecule has 0 unspecified atom stereocenters. The van der Waals surface area contributed by atoms with Crippen LogP contribution in [0.2, 0.25) is 0 Å². The van der Waals surface area contributed by atoms with Crippen LogP contribution >= 0.6 is 22.6 Å². The molecule has 14 heavy (non-hydrogen) atoms. The summed E-state index contributed by atoms with van der Waals surface area (Å²) in [6.45, 7) is 0. The van der Waals surface area contributed by atoms with Crippen molar-refractivity contribution in [1.29, 1.82) is 0 Å². The lowest BCUT2D eigenvalue weighted by Gasteiger charge is -2.01. The number of hydrogen-bond donors (Lipinski definition) is 0. The molecule has 2 heterocycles. The van der Waals surface area contributed by atoms with E-state index in [0.29, 0.717) is 0 Å². The fourth-order valence-corrected chi connectivity index (χ4v) is 1.63. The maximum atomic E-state index is 4.21. The predicted octanol–water partition coefficient (Wildman–Crippen LogP) is 2.19. The van der Waals surface area contributed by atoms with Crippen molar-refractivity contribution in [1.82, 2.24) is 4.98 Å². The van der Waals surface area contributed by atoms with Gasteiger partial charge in [-0.15, -0.1) is 0 Å². The Labute approximate surface area is 95.1 Å². The van der Waals surface area contributed by atoms with Gasteiger partial charge in [-0.25, -0.2) is 9.98 Å². The van der Waals surface area contributed by atoms with Crippen LogP contribution in [0.25, 0.3) is 0 Å². The third kappa shape index (κ3) is 1.97. The Kier molecular flexibility index (Phi) is 2.86. The van der Waals surface area contributed by atoms with Crippen LogP contribution in [0, 0.1) is 3.57 Å². The Morgan fingerprint density at radius 3 is 3.14 bits per heavy atom. The molecule has 0 saturated heterocycles. The van der Waals surface area contributed by atoms with Crippen molar-refractivity contribution >= 4 is 34.2 Å². The third-order valence-corrected chi connectivity index (χ3v) is 2.63. The van der Waals surface area contributed by atoms with E-state index in [4.69, 9.17) is 0 Å². The Bertz CT molecular complexity index is 468. The van der Waals surface area contributed by atoms with Crippen molar-refractivity contribution < 1.29 is 0 Å². The SMILES string of the molecule is Ic1ccncc1C1=NC=C=NC=C1. The molecule has 0 amide bonds. The largest absolute Gasteiger partial charge is 0.264 e. The van der Waals surface area contributed by atoms with Gasteiger partial charge in [0.25, 0.3) is 0 Å². The van der Waals surface area contributed by atoms with Crippen LogP contribution in [0.4, 0.5) is 0 Å². The molecule has 0 atom stereocenters. The summed E-state index contributed by atoms with van der Waals surface area (Å²) in [5.74, 6) is 2.67. The molecule has 0 fully saturated rings. The van der Waals surface area contributed by atoms with E-state index >= 15 is 0 Å². The van der Waals surface area contributed by atoms with Gasteiger partial charge in [0, 0.05) is 33.6 Å². The first-order chi connectivity index (χ1) is 6.88. The minimum Gasteiger partial charge on any atom is -0.264 e. The highest BCUT2D eigenvalue weighted by atomic mass is 127. The van der Waals surface area contributed by atoms with Crippen LogP contribution in [0.15, 0.2) is 46.9 Å². The number of hydrogen-bond acceptors (Lipinski definition) is 3. The molecule has 0 radical (unpaired) electrons. The van der Waals surface area contributed by atoms with E-state index in [9.17, 15) is 0 Å². The summed E-state index contributed by atoms with van der Waals surface area (Å²) in [5, 5.41) is 0. The second-order valence-electron chi connectivity index (χ2n) is 2.57. The lowest BCUT2D eigenvalue weighted by Crippen LogP contribution is -1.99. The number of halogens is 1. The van der Waals surface area contributed by atoms with Crippen molar-refractivity contribution in [3.8, 4) is 0 Å². The van der Waals surface area contributed by atoms with Gasteiger partial charge in [0.1, 0.15) is 0 Å². The van der Waals surface area contributed by atoms with Crippen molar-refractivity contribution in [2.24, 2.45) is 9.98 Å². The van der Waals surface area contributed by atoms with Crippen molar-refractivity contribution in [3.05, 3.63) is 46.1 Å². The summed E-state index contributed by atoms with van der Waals surface area (Å²) < 4.78 is 1.12. The topological polar surface area (TPSA) is 37.6 Å². The van der Waals surface area contributed by atoms with E-state index in [2.05, 4.69) is 43.4 Å². The number of rotatable bonds is 1. The van der Waals surface area contributed by atoms with Gasteiger partial charge in [-0.2, -0.15) is 0 Å². The number of allylic oxidation sites excluding steroid dienone is 1. The average Bonchev–Trinajstić information content (AvgIpc) is 2.47. The van der Waals surface area contributed by atoms with Gasteiger partial charge in [0.2, 0.25) is 0 Å². The lowest BCUT2D eigenvalue weighted by atomic mass is 10.2. The fourth-order valence-electron chi connectivity index (χ4n) is 1.05. The third-order valence-electron chi connectivity index (χ3n) is 1.69. The van der Waals surface area contributed by atoms with Gasteiger partial charge in [0.15, 0.2) is 0 Å². The summed E-state index contributed by atoms with van der Waals surface area (Å²) in [5.41, 5.74) is 1.87. The molecule has 0 spiro atoms. The smallest absolute Gasteiger partial charge is 0.0889 e. The molecule has 0 aliphatic carbocycles. The number of aliphatic imine (C=N–C) groups is 2. The molecule has 68 valence electrons.